The fourth-order valence-corrected chi connectivity index (χ4v) is 1.66. The number of aromatic nitrogens is 1. The zero-order valence-corrected chi connectivity index (χ0v) is 9.88. The second kappa shape index (κ2) is 6.36. The van der Waals surface area contributed by atoms with Crippen molar-refractivity contribution in [1.82, 2.24) is 10.3 Å². The smallest absolute Gasteiger partial charge is 0.0688 e. The third-order valence-corrected chi connectivity index (χ3v) is 2.38. The minimum absolute atomic E-state index is 0.978. The van der Waals surface area contributed by atoms with Gasteiger partial charge in [-0.1, -0.05) is 26.0 Å². The van der Waals surface area contributed by atoms with Gasteiger partial charge in [0.05, 0.1) is 5.69 Å². The minimum atomic E-state index is 0.978. The topological polar surface area (TPSA) is 24.9 Å². The Morgan fingerprint density at radius 3 is 2.73 bits per heavy atom. The van der Waals surface area contributed by atoms with Crippen molar-refractivity contribution in [2.75, 3.05) is 13.1 Å². The molecular weight excluding hydrogens is 184 g/mol. The predicted octanol–water partition coefficient (Wildman–Crippen LogP) is 2.79. The molecule has 0 unspecified atom stereocenters. The Morgan fingerprint density at radius 2 is 2.13 bits per heavy atom. The van der Waals surface area contributed by atoms with E-state index in [0.29, 0.717) is 0 Å². The lowest BCUT2D eigenvalue weighted by molar-refractivity contribution is 0.736. The van der Waals surface area contributed by atoms with E-state index in [1.807, 2.05) is 26.1 Å². The van der Waals surface area contributed by atoms with Crippen molar-refractivity contribution in [3.63, 3.8) is 0 Å². The summed E-state index contributed by atoms with van der Waals surface area (Å²) in [6, 6.07) is 4.10. The van der Waals surface area contributed by atoms with Crippen LogP contribution < -0.4 is 5.32 Å². The summed E-state index contributed by atoms with van der Waals surface area (Å²) < 4.78 is 0. The van der Waals surface area contributed by atoms with E-state index in [1.165, 1.54) is 16.8 Å². The average molecular weight is 204 g/mol. The van der Waals surface area contributed by atoms with E-state index in [1.54, 1.807) is 0 Å². The number of nitrogens with zero attached hydrogens (tertiary/aromatic N) is 1. The van der Waals surface area contributed by atoms with Crippen molar-refractivity contribution in [2.45, 2.75) is 27.2 Å². The number of hydrogen-bond acceptors (Lipinski definition) is 2. The monoisotopic (exact) mass is 204 g/mol. The summed E-state index contributed by atoms with van der Waals surface area (Å²) in [5.41, 5.74) is 3.83. The highest BCUT2D eigenvalue weighted by molar-refractivity contribution is 5.65. The summed E-state index contributed by atoms with van der Waals surface area (Å²) in [5.74, 6) is 0. The van der Waals surface area contributed by atoms with Crippen LogP contribution in [0.2, 0.25) is 0 Å². The lowest BCUT2D eigenvalue weighted by atomic mass is 10.0. The minimum Gasteiger partial charge on any atom is -0.313 e. The van der Waals surface area contributed by atoms with Crippen molar-refractivity contribution < 1.29 is 0 Å². The van der Waals surface area contributed by atoms with Crippen molar-refractivity contribution in [1.29, 1.82) is 0 Å². The zero-order chi connectivity index (χ0) is 11.1. The van der Waals surface area contributed by atoms with Crippen LogP contribution in [0.4, 0.5) is 0 Å². The first-order valence-electron chi connectivity index (χ1n) is 5.69. The molecule has 2 heterocycles. The molecule has 1 N–H and O–H groups in total. The van der Waals surface area contributed by atoms with Crippen LogP contribution in [-0.2, 0) is 0 Å². The lowest BCUT2D eigenvalue weighted by Gasteiger charge is -2.14. The van der Waals surface area contributed by atoms with E-state index in [4.69, 9.17) is 0 Å². The molecule has 15 heavy (non-hydrogen) atoms. The molecule has 1 aromatic rings. The SMILES string of the molecule is CC.Cc1cccnc1C1=CCNCC1. The van der Waals surface area contributed by atoms with Gasteiger partial charge in [0.15, 0.2) is 0 Å². The van der Waals surface area contributed by atoms with Gasteiger partial charge in [0, 0.05) is 12.7 Å². The van der Waals surface area contributed by atoms with Gasteiger partial charge in [0.2, 0.25) is 0 Å². The molecule has 0 aromatic carbocycles. The molecule has 0 fully saturated rings. The van der Waals surface area contributed by atoms with E-state index in [0.717, 1.165) is 19.5 Å². The molecule has 1 aliphatic heterocycles. The van der Waals surface area contributed by atoms with E-state index in [9.17, 15) is 0 Å². The van der Waals surface area contributed by atoms with E-state index in [-0.39, 0.29) is 0 Å². The van der Waals surface area contributed by atoms with Gasteiger partial charge in [-0.25, -0.2) is 0 Å². The molecule has 0 bridgehead atoms. The number of pyridine rings is 1. The molecule has 0 spiro atoms. The van der Waals surface area contributed by atoms with Gasteiger partial charge in [0.25, 0.3) is 0 Å². The van der Waals surface area contributed by atoms with Gasteiger partial charge in [-0.2, -0.15) is 0 Å². The largest absolute Gasteiger partial charge is 0.313 e. The lowest BCUT2D eigenvalue weighted by Crippen LogP contribution is -2.20. The third kappa shape index (κ3) is 3.17. The molecule has 0 aliphatic carbocycles. The standard InChI is InChI=1S/C11H14N2.C2H6/c1-9-3-2-6-13-11(9)10-4-7-12-8-5-10;1-2/h2-4,6,12H,5,7-8H2,1H3;1-2H3. The molecule has 0 amide bonds. The summed E-state index contributed by atoms with van der Waals surface area (Å²) in [6.45, 7) is 8.17. The summed E-state index contributed by atoms with van der Waals surface area (Å²) in [6.07, 6.45) is 5.20. The number of hydrogen-bond donors (Lipinski definition) is 1. The first-order chi connectivity index (χ1) is 7.38. The molecule has 1 aromatic heterocycles. The van der Waals surface area contributed by atoms with Gasteiger partial charge in [-0.05, 0) is 37.1 Å². The van der Waals surface area contributed by atoms with Crippen LogP contribution in [0.15, 0.2) is 24.4 Å². The van der Waals surface area contributed by atoms with Crippen LogP contribution in [-0.4, -0.2) is 18.1 Å². The Balaban J connectivity index is 0.000000531. The normalized spacial score (nSPS) is 15.0. The number of aryl methyl sites for hydroxylation is 1. The van der Waals surface area contributed by atoms with Gasteiger partial charge >= 0.3 is 0 Å². The maximum Gasteiger partial charge on any atom is 0.0688 e. The van der Waals surface area contributed by atoms with E-state index in [2.05, 4.69) is 29.4 Å². The van der Waals surface area contributed by atoms with Gasteiger partial charge in [0.1, 0.15) is 0 Å². The van der Waals surface area contributed by atoms with Crippen LogP contribution >= 0.6 is 0 Å². The Bertz CT molecular complexity index is 329. The highest BCUT2D eigenvalue weighted by Crippen LogP contribution is 2.19. The summed E-state index contributed by atoms with van der Waals surface area (Å²) in [7, 11) is 0. The van der Waals surface area contributed by atoms with Crippen LogP contribution in [0.5, 0.6) is 0 Å². The summed E-state index contributed by atoms with van der Waals surface area (Å²) in [4.78, 5) is 4.41. The first-order valence-corrected chi connectivity index (χ1v) is 5.69. The van der Waals surface area contributed by atoms with Crippen LogP contribution in [0, 0.1) is 6.92 Å². The highest BCUT2D eigenvalue weighted by Gasteiger charge is 2.08. The average Bonchev–Trinajstić information content (AvgIpc) is 2.33. The van der Waals surface area contributed by atoms with Crippen molar-refractivity contribution >= 4 is 5.57 Å². The maximum atomic E-state index is 4.41. The molecule has 2 rings (SSSR count). The van der Waals surface area contributed by atoms with Gasteiger partial charge in [-0.3, -0.25) is 4.98 Å². The second-order valence-corrected chi connectivity index (χ2v) is 3.35. The molecule has 0 saturated carbocycles. The maximum absolute atomic E-state index is 4.41. The van der Waals surface area contributed by atoms with E-state index < -0.39 is 0 Å². The summed E-state index contributed by atoms with van der Waals surface area (Å²) >= 11 is 0. The molecule has 1 aliphatic rings. The molecule has 0 atom stereocenters. The Hall–Kier alpha value is -1.15. The van der Waals surface area contributed by atoms with Crippen LogP contribution in [0.1, 0.15) is 31.5 Å². The Labute approximate surface area is 92.4 Å². The van der Waals surface area contributed by atoms with Gasteiger partial charge < -0.3 is 5.32 Å². The number of nitrogens with one attached hydrogen (secondary N) is 1. The molecule has 82 valence electrons. The quantitative estimate of drug-likeness (QED) is 0.761. The Kier molecular flexibility index (Phi) is 5.05. The first kappa shape index (κ1) is 11.9. The van der Waals surface area contributed by atoms with Gasteiger partial charge in [-0.15, -0.1) is 0 Å². The van der Waals surface area contributed by atoms with Crippen molar-refractivity contribution in [3.8, 4) is 0 Å². The van der Waals surface area contributed by atoms with Crippen LogP contribution in [0.3, 0.4) is 0 Å². The fraction of sp³-hybridized carbons (Fsp3) is 0.462. The molecule has 2 nitrogen and oxygen atoms in total. The Morgan fingerprint density at radius 1 is 1.33 bits per heavy atom. The van der Waals surface area contributed by atoms with Crippen molar-refractivity contribution in [2.24, 2.45) is 0 Å². The predicted molar refractivity (Wildman–Crippen MR) is 65.8 cm³/mol. The third-order valence-electron chi connectivity index (χ3n) is 2.38. The molecular formula is C13H20N2. The fourth-order valence-electron chi connectivity index (χ4n) is 1.66. The zero-order valence-electron chi connectivity index (χ0n) is 9.88. The number of rotatable bonds is 1. The summed E-state index contributed by atoms with van der Waals surface area (Å²) in [5, 5.41) is 3.30. The highest BCUT2D eigenvalue weighted by atomic mass is 14.9. The van der Waals surface area contributed by atoms with E-state index >= 15 is 0 Å². The molecule has 0 radical (unpaired) electrons. The van der Waals surface area contributed by atoms with Crippen LogP contribution in [0.25, 0.3) is 5.57 Å². The molecule has 0 saturated heterocycles. The second-order valence-electron chi connectivity index (χ2n) is 3.35. The van der Waals surface area contributed by atoms with Crippen molar-refractivity contribution in [3.05, 3.63) is 35.7 Å². The molecule has 2 heteroatoms.